The Morgan fingerprint density at radius 1 is 1.25 bits per heavy atom. The Labute approximate surface area is 149 Å². The van der Waals surface area contributed by atoms with Crippen LogP contribution in [-0.2, 0) is 9.47 Å². The second-order valence-corrected chi connectivity index (χ2v) is 7.60. The molecule has 0 bridgehead atoms. The Bertz CT molecular complexity index is 462. The summed E-state index contributed by atoms with van der Waals surface area (Å²) in [6.45, 7) is 6.74. The molecule has 0 aliphatic rings. The zero-order chi connectivity index (χ0) is 17.8. The van der Waals surface area contributed by atoms with Gasteiger partial charge in [-0.2, -0.15) is 11.8 Å². The molecule has 0 aromatic heterocycles. The SMILES string of the molecule is CC(C)(C)OC(=O)N[C@@H](COCCCSCCO)c1ccccc1. The third kappa shape index (κ3) is 9.80. The van der Waals surface area contributed by atoms with Gasteiger partial charge in [0.05, 0.1) is 19.3 Å². The van der Waals surface area contributed by atoms with Gasteiger partial charge in [0, 0.05) is 12.4 Å². The molecular weight excluding hydrogens is 326 g/mol. The normalized spacial score (nSPS) is 12.7. The molecule has 0 aliphatic heterocycles. The maximum absolute atomic E-state index is 12.0. The van der Waals surface area contributed by atoms with Gasteiger partial charge in [-0.05, 0) is 38.5 Å². The number of alkyl carbamates (subject to hydrolysis) is 1. The second kappa shape index (κ2) is 11.3. The molecule has 6 heteroatoms. The third-order valence-electron chi connectivity index (χ3n) is 2.99. The Morgan fingerprint density at radius 3 is 2.58 bits per heavy atom. The van der Waals surface area contributed by atoms with E-state index < -0.39 is 11.7 Å². The van der Waals surface area contributed by atoms with Gasteiger partial charge in [-0.1, -0.05) is 30.3 Å². The molecule has 1 rings (SSSR count). The monoisotopic (exact) mass is 355 g/mol. The molecule has 2 N–H and O–H groups in total. The van der Waals surface area contributed by atoms with Crippen LogP contribution >= 0.6 is 11.8 Å². The number of ether oxygens (including phenoxy) is 2. The van der Waals surface area contributed by atoms with Crippen molar-refractivity contribution in [1.82, 2.24) is 5.32 Å². The van der Waals surface area contributed by atoms with Gasteiger partial charge in [0.25, 0.3) is 0 Å². The minimum absolute atomic E-state index is 0.210. The number of hydrogen-bond acceptors (Lipinski definition) is 5. The smallest absolute Gasteiger partial charge is 0.408 e. The molecule has 0 unspecified atom stereocenters. The summed E-state index contributed by atoms with van der Waals surface area (Å²) in [6.07, 6.45) is 0.469. The summed E-state index contributed by atoms with van der Waals surface area (Å²) < 4.78 is 11.0. The van der Waals surface area contributed by atoms with Crippen molar-refractivity contribution in [3.8, 4) is 0 Å². The Kier molecular flexibility index (Phi) is 9.83. The molecule has 1 aromatic carbocycles. The number of aliphatic hydroxyl groups is 1. The summed E-state index contributed by atoms with van der Waals surface area (Å²) >= 11 is 1.71. The van der Waals surface area contributed by atoms with Crippen molar-refractivity contribution < 1.29 is 19.4 Å². The number of thioether (sulfide) groups is 1. The van der Waals surface area contributed by atoms with E-state index in [1.54, 1.807) is 11.8 Å². The van der Waals surface area contributed by atoms with Crippen LogP contribution in [-0.4, -0.2) is 48.1 Å². The average molecular weight is 356 g/mol. The molecule has 0 radical (unpaired) electrons. The maximum Gasteiger partial charge on any atom is 0.408 e. The van der Waals surface area contributed by atoms with Crippen molar-refractivity contribution in [3.63, 3.8) is 0 Å². The average Bonchev–Trinajstić information content (AvgIpc) is 2.52. The van der Waals surface area contributed by atoms with Crippen molar-refractivity contribution in [1.29, 1.82) is 0 Å². The van der Waals surface area contributed by atoms with Crippen LogP contribution < -0.4 is 5.32 Å². The molecule has 24 heavy (non-hydrogen) atoms. The molecule has 5 nitrogen and oxygen atoms in total. The zero-order valence-electron chi connectivity index (χ0n) is 14.8. The van der Waals surface area contributed by atoms with E-state index in [1.807, 2.05) is 51.1 Å². The number of aliphatic hydroxyl groups excluding tert-OH is 1. The summed E-state index contributed by atoms with van der Waals surface area (Å²) in [4.78, 5) is 12.0. The molecule has 136 valence electrons. The lowest BCUT2D eigenvalue weighted by Crippen LogP contribution is -2.36. The summed E-state index contributed by atoms with van der Waals surface area (Å²) in [6, 6.07) is 9.49. The van der Waals surface area contributed by atoms with E-state index >= 15 is 0 Å². The number of hydrogen-bond donors (Lipinski definition) is 2. The second-order valence-electron chi connectivity index (χ2n) is 6.37. The van der Waals surface area contributed by atoms with Gasteiger partial charge in [0.1, 0.15) is 5.60 Å². The lowest BCUT2D eigenvalue weighted by atomic mass is 10.1. The van der Waals surface area contributed by atoms with Gasteiger partial charge in [-0.3, -0.25) is 0 Å². The first kappa shape index (κ1) is 20.8. The fourth-order valence-corrected chi connectivity index (χ4v) is 2.64. The van der Waals surface area contributed by atoms with E-state index in [0.717, 1.165) is 23.5 Å². The van der Waals surface area contributed by atoms with Crippen LogP contribution in [0.25, 0.3) is 0 Å². The molecular formula is C18H29NO4S. The predicted molar refractivity (Wildman–Crippen MR) is 98.4 cm³/mol. The van der Waals surface area contributed by atoms with Crippen molar-refractivity contribution in [2.24, 2.45) is 0 Å². The van der Waals surface area contributed by atoms with Crippen molar-refractivity contribution >= 4 is 17.9 Å². The summed E-state index contributed by atoms with van der Waals surface area (Å²) in [5.41, 5.74) is 0.453. The predicted octanol–water partition coefficient (Wildman–Crippen LogP) is 3.38. The van der Waals surface area contributed by atoms with E-state index in [1.165, 1.54) is 0 Å². The van der Waals surface area contributed by atoms with Crippen molar-refractivity contribution in [2.75, 3.05) is 31.3 Å². The Morgan fingerprint density at radius 2 is 1.96 bits per heavy atom. The molecule has 0 saturated carbocycles. The van der Waals surface area contributed by atoms with Gasteiger partial charge in [0.15, 0.2) is 0 Å². The quantitative estimate of drug-likeness (QED) is 0.630. The standard InChI is InChI=1S/C18H29NO4S/c1-18(2,3)23-17(21)19-16(15-8-5-4-6-9-15)14-22-11-7-12-24-13-10-20/h4-6,8-9,16,20H,7,10-14H2,1-3H3,(H,19,21)/t16-/m0/s1. The molecule has 0 aliphatic carbocycles. The minimum Gasteiger partial charge on any atom is -0.444 e. The van der Waals surface area contributed by atoms with E-state index in [4.69, 9.17) is 14.6 Å². The molecule has 0 spiro atoms. The molecule has 0 saturated heterocycles. The van der Waals surface area contributed by atoms with Gasteiger partial charge in [0.2, 0.25) is 0 Å². The van der Waals surface area contributed by atoms with Gasteiger partial charge < -0.3 is 19.9 Å². The van der Waals surface area contributed by atoms with Gasteiger partial charge in [-0.15, -0.1) is 0 Å². The van der Waals surface area contributed by atoms with E-state index in [2.05, 4.69) is 5.32 Å². The third-order valence-corrected chi connectivity index (χ3v) is 4.04. The molecule has 0 fully saturated rings. The van der Waals surface area contributed by atoms with Gasteiger partial charge in [-0.25, -0.2) is 4.79 Å². The lowest BCUT2D eigenvalue weighted by molar-refractivity contribution is 0.0441. The first-order valence-electron chi connectivity index (χ1n) is 8.23. The van der Waals surface area contributed by atoms with Crippen molar-refractivity contribution in [3.05, 3.63) is 35.9 Å². The lowest BCUT2D eigenvalue weighted by Gasteiger charge is -2.24. The minimum atomic E-state index is -0.532. The fourth-order valence-electron chi connectivity index (χ4n) is 1.99. The zero-order valence-corrected chi connectivity index (χ0v) is 15.6. The van der Waals surface area contributed by atoms with Crippen LogP contribution in [0.4, 0.5) is 4.79 Å². The first-order chi connectivity index (χ1) is 11.4. The summed E-state index contributed by atoms with van der Waals surface area (Å²) in [5, 5.41) is 11.6. The fraction of sp³-hybridized carbons (Fsp3) is 0.611. The number of nitrogens with one attached hydrogen (secondary N) is 1. The van der Waals surface area contributed by atoms with Crippen molar-refractivity contribution in [2.45, 2.75) is 38.8 Å². The van der Waals surface area contributed by atoms with Crippen LogP contribution in [0.2, 0.25) is 0 Å². The van der Waals surface area contributed by atoms with Crippen LogP contribution in [0.3, 0.4) is 0 Å². The first-order valence-corrected chi connectivity index (χ1v) is 9.38. The largest absolute Gasteiger partial charge is 0.444 e. The van der Waals surface area contributed by atoms with E-state index in [-0.39, 0.29) is 12.6 Å². The highest BCUT2D eigenvalue weighted by Crippen LogP contribution is 2.15. The Balaban J connectivity index is 2.46. The highest BCUT2D eigenvalue weighted by Gasteiger charge is 2.20. The maximum atomic E-state index is 12.0. The van der Waals surface area contributed by atoms with Gasteiger partial charge >= 0.3 is 6.09 Å². The van der Waals surface area contributed by atoms with Crippen LogP contribution in [0.1, 0.15) is 38.8 Å². The van der Waals surface area contributed by atoms with Crippen LogP contribution in [0.15, 0.2) is 30.3 Å². The highest BCUT2D eigenvalue weighted by molar-refractivity contribution is 7.99. The Hall–Kier alpha value is -1.24. The molecule has 1 aromatic rings. The number of carbonyl (C=O) groups is 1. The van der Waals surface area contributed by atoms with Crippen LogP contribution in [0, 0.1) is 0 Å². The number of rotatable bonds is 10. The highest BCUT2D eigenvalue weighted by atomic mass is 32.2. The molecule has 0 heterocycles. The van der Waals surface area contributed by atoms with E-state index in [0.29, 0.717) is 13.2 Å². The number of carbonyl (C=O) groups excluding carboxylic acids is 1. The van der Waals surface area contributed by atoms with E-state index in [9.17, 15) is 4.79 Å². The molecule has 1 atom stereocenters. The topological polar surface area (TPSA) is 67.8 Å². The summed E-state index contributed by atoms with van der Waals surface area (Å²) in [7, 11) is 0. The number of benzene rings is 1. The number of amides is 1. The summed E-state index contributed by atoms with van der Waals surface area (Å²) in [5.74, 6) is 1.71. The molecule has 1 amide bonds. The van der Waals surface area contributed by atoms with Crippen LogP contribution in [0.5, 0.6) is 0 Å².